The Balaban J connectivity index is 1.88. The zero-order valence-corrected chi connectivity index (χ0v) is 16.8. The summed E-state index contributed by atoms with van der Waals surface area (Å²) in [4.78, 5) is 15.0. The third kappa shape index (κ3) is 5.33. The van der Waals surface area contributed by atoms with E-state index in [0.717, 1.165) is 44.5 Å². The summed E-state index contributed by atoms with van der Waals surface area (Å²) in [5.41, 5.74) is 2.29. The fourth-order valence-electron chi connectivity index (χ4n) is 4.06. The zero-order chi connectivity index (χ0) is 19.1. The van der Waals surface area contributed by atoms with Gasteiger partial charge in [0.1, 0.15) is 0 Å². The van der Waals surface area contributed by atoms with Crippen LogP contribution in [0.5, 0.6) is 0 Å². The smallest absolute Gasteiger partial charge is 0.226 e. The number of hydrogen-bond donors (Lipinski definition) is 1. The minimum atomic E-state index is 0.189. The molecule has 1 fully saturated rings. The number of carbonyl (C=O) groups excluding carboxylic acids is 1. The van der Waals surface area contributed by atoms with Gasteiger partial charge >= 0.3 is 0 Å². The third-order valence-corrected chi connectivity index (χ3v) is 5.76. The first-order valence-electron chi connectivity index (χ1n) is 10.0. The first kappa shape index (κ1) is 19.9. The summed E-state index contributed by atoms with van der Waals surface area (Å²) in [5.74, 6) is 0.704. The molecule has 0 radical (unpaired) electrons. The molecule has 0 bridgehead atoms. The van der Waals surface area contributed by atoms with E-state index in [-0.39, 0.29) is 11.9 Å². The fourth-order valence-corrected chi connectivity index (χ4v) is 4.18. The van der Waals surface area contributed by atoms with Crippen molar-refractivity contribution < 1.29 is 4.79 Å². The van der Waals surface area contributed by atoms with E-state index in [1.54, 1.807) is 0 Å². The van der Waals surface area contributed by atoms with Crippen LogP contribution < -0.4 is 10.2 Å². The highest BCUT2D eigenvalue weighted by Crippen LogP contribution is 2.30. The van der Waals surface area contributed by atoms with Gasteiger partial charge in [0, 0.05) is 23.2 Å². The molecule has 144 valence electrons. The molecule has 1 saturated heterocycles. The molecule has 0 aromatic heterocycles. The second-order valence-electron chi connectivity index (χ2n) is 7.27. The Labute approximate surface area is 167 Å². The molecule has 4 heteroatoms. The second kappa shape index (κ2) is 9.91. The summed E-state index contributed by atoms with van der Waals surface area (Å²) in [7, 11) is 0. The normalized spacial score (nSPS) is 16.1. The maximum Gasteiger partial charge on any atom is 0.226 e. The van der Waals surface area contributed by atoms with Crippen LogP contribution >= 0.6 is 11.6 Å². The lowest BCUT2D eigenvalue weighted by Gasteiger charge is -2.39. The van der Waals surface area contributed by atoms with Crippen molar-refractivity contribution in [2.75, 3.05) is 18.0 Å². The first-order valence-corrected chi connectivity index (χ1v) is 10.4. The van der Waals surface area contributed by atoms with Gasteiger partial charge in [-0.25, -0.2) is 0 Å². The molecular weight excluding hydrogens is 356 g/mol. The van der Waals surface area contributed by atoms with Gasteiger partial charge < -0.3 is 10.2 Å². The zero-order valence-electron chi connectivity index (χ0n) is 16.0. The number of benzene rings is 2. The highest BCUT2D eigenvalue weighted by atomic mass is 35.5. The topological polar surface area (TPSA) is 32.3 Å². The molecule has 3 nitrogen and oxygen atoms in total. The summed E-state index contributed by atoms with van der Waals surface area (Å²) in [6, 6.07) is 18.5. The summed E-state index contributed by atoms with van der Waals surface area (Å²) in [5, 5.41) is 4.15. The molecule has 1 amide bonds. The van der Waals surface area contributed by atoms with Crippen LogP contribution in [-0.2, 0) is 11.2 Å². The van der Waals surface area contributed by atoms with Crippen molar-refractivity contribution in [3.63, 3.8) is 0 Å². The van der Waals surface area contributed by atoms with Crippen molar-refractivity contribution in [1.82, 2.24) is 5.32 Å². The monoisotopic (exact) mass is 384 g/mol. The summed E-state index contributed by atoms with van der Waals surface area (Å²) in [6.45, 7) is 4.00. The minimum Gasteiger partial charge on any atom is -0.317 e. The molecule has 1 atom stereocenters. The van der Waals surface area contributed by atoms with Crippen LogP contribution in [0.3, 0.4) is 0 Å². The lowest BCUT2D eigenvalue weighted by molar-refractivity contribution is -0.119. The molecule has 1 N–H and O–H groups in total. The predicted molar refractivity (Wildman–Crippen MR) is 113 cm³/mol. The molecule has 0 aliphatic carbocycles. The van der Waals surface area contributed by atoms with Gasteiger partial charge in [-0.05, 0) is 74.5 Å². The molecule has 1 unspecified atom stereocenters. The van der Waals surface area contributed by atoms with Gasteiger partial charge in [0.25, 0.3) is 0 Å². The number of hydrogen-bond acceptors (Lipinski definition) is 2. The number of amides is 1. The molecule has 0 spiro atoms. The van der Waals surface area contributed by atoms with Crippen molar-refractivity contribution in [1.29, 1.82) is 0 Å². The van der Waals surface area contributed by atoms with Crippen LogP contribution in [0.1, 0.15) is 38.2 Å². The Kier molecular flexibility index (Phi) is 7.31. The minimum absolute atomic E-state index is 0.189. The van der Waals surface area contributed by atoms with E-state index >= 15 is 0 Å². The van der Waals surface area contributed by atoms with Crippen molar-refractivity contribution in [3.05, 3.63) is 65.2 Å². The van der Waals surface area contributed by atoms with Crippen molar-refractivity contribution in [3.8, 4) is 0 Å². The Morgan fingerprint density at radius 2 is 1.78 bits per heavy atom. The molecule has 1 aliphatic rings. The van der Waals surface area contributed by atoms with E-state index in [0.29, 0.717) is 17.4 Å². The Bertz CT molecular complexity index is 711. The number of nitrogens with one attached hydrogen (secondary N) is 1. The molecule has 1 aliphatic heterocycles. The van der Waals surface area contributed by atoms with Gasteiger partial charge in [0.2, 0.25) is 5.91 Å². The largest absolute Gasteiger partial charge is 0.317 e. The predicted octanol–water partition coefficient (Wildman–Crippen LogP) is 5.08. The number of piperidine rings is 1. The van der Waals surface area contributed by atoms with E-state index in [1.165, 1.54) is 5.56 Å². The van der Waals surface area contributed by atoms with Crippen molar-refractivity contribution in [2.45, 2.75) is 45.1 Å². The van der Waals surface area contributed by atoms with Gasteiger partial charge in [0.05, 0.1) is 0 Å². The van der Waals surface area contributed by atoms with Crippen LogP contribution in [0.15, 0.2) is 54.6 Å². The van der Waals surface area contributed by atoms with Crippen LogP contribution in [0, 0.1) is 5.92 Å². The number of aryl methyl sites for hydroxylation is 1. The van der Waals surface area contributed by atoms with Gasteiger partial charge in [-0.15, -0.1) is 0 Å². The lowest BCUT2D eigenvalue weighted by Crippen LogP contribution is -2.48. The van der Waals surface area contributed by atoms with Gasteiger partial charge in [-0.3, -0.25) is 4.79 Å². The summed E-state index contributed by atoms with van der Waals surface area (Å²) < 4.78 is 0. The van der Waals surface area contributed by atoms with Crippen LogP contribution in [0.4, 0.5) is 5.69 Å². The third-order valence-electron chi connectivity index (χ3n) is 5.51. The van der Waals surface area contributed by atoms with E-state index in [4.69, 9.17) is 11.6 Å². The number of halogens is 1. The first-order chi connectivity index (χ1) is 13.2. The standard InChI is InChI=1S/C23H29ClN2O/c1-2-23(27)26(21-11-9-20(24)10-12-21)22(19-14-16-25-17-15-19)13-8-18-6-4-3-5-7-18/h3-7,9-12,19,22,25H,2,8,13-17H2,1H3. The van der Waals surface area contributed by atoms with E-state index in [2.05, 4.69) is 40.5 Å². The lowest BCUT2D eigenvalue weighted by atomic mass is 9.85. The SMILES string of the molecule is CCC(=O)N(c1ccc(Cl)cc1)C(CCc1ccccc1)C1CCNCC1. The van der Waals surface area contributed by atoms with Crippen molar-refractivity contribution >= 4 is 23.2 Å². The molecule has 2 aromatic rings. The number of carbonyl (C=O) groups is 1. The molecule has 3 rings (SSSR count). The average Bonchev–Trinajstić information content (AvgIpc) is 2.73. The highest BCUT2D eigenvalue weighted by molar-refractivity contribution is 6.30. The van der Waals surface area contributed by atoms with Crippen LogP contribution in [-0.4, -0.2) is 25.0 Å². The van der Waals surface area contributed by atoms with Crippen LogP contribution in [0.25, 0.3) is 0 Å². The second-order valence-corrected chi connectivity index (χ2v) is 7.71. The maximum atomic E-state index is 13.0. The molecule has 0 saturated carbocycles. The van der Waals surface area contributed by atoms with E-state index in [9.17, 15) is 4.79 Å². The number of anilines is 1. The Morgan fingerprint density at radius 1 is 1.11 bits per heavy atom. The van der Waals surface area contributed by atoms with Gasteiger partial charge in [-0.2, -0.15) is 0 Å². The Hall–Kier alpha value is -1.84. The van der Waals surface area contributed by atoms with Crippen molar-refractivity contribution in [2.24, 2.45) is 5.92 Å². The molecular formula is C23H29ClN2O. The Morgan fingerprint density at radius 3 is 2.41 bits per heavy atom. The quantitative estimate of drug-likeness (QED) is 0.721. The van der Waals surface area contributed by atoms with Gasteiger partial charge in [-0.1, -0.05) is 48.9 Å². The fraction of sp³-hybridized carbons (Fsp3) is 0.435. The summed E-state index contributed by atoms with van der Waals surface area (Å²) in [6.07, 6.45) is 4.69. The molecule has 1 heterocycles. The average molecular weight is 385 g/mol. The van der Waals surface area contributed by atoms with E-state index in [1.807, 2.05) is 31.2 Å². The molecule has 2 aromatic carbocycles. The highest BCUT2D eigenvalue weighted by Gasteiger charge is 2.32. The number of rotatable bonds is 7. The summed E-state index contributed by atoms with van der Waals surface area (Å²) >= 11 is 6.09. The van der Waals surface area contributed by atoms with Gasteiger partial charge in [0.15, 0.2) is 0 Å². The van der Waals surface area contributed by atoms with Crippen LogP contribution in [0.2, 0.25) is 5.02 Å². The maximum absolute atomic E-state index is 13.0. The molecule has 27 heavy (non-hydrogen) atoms. The van der Waals surface area contributed by atoms with E-state index < -0.39 is 0 Å². The number of nitrogens with zero attached hydrogens (tertiary/aromatic N) is 1.